The molecule has 0 unspecified atom stereocenters. The van der Waals surface area contributed by atoms with E-state index in [4.69, 9.17) is 0 Å². The predicted octanol–water partition coefficient (Wildman–Crippen LogP) is 12.2. The van der Waals surface area contributed by atoms with Crippen molar-refractivity contribution in [3.8, 4) is 72.8 Å². The first kappa shape index (κ1) is 26.2. The number of benzene rings is 8. The minimum atomic E-state index is 0.670. The lowest BCUT2D eigenvalue weighted by Gasteiger charge is -2.21. The molecular formula is C45H27N. The highest BCUT2D eigenvalue weighted by molar-refractivity contribution is 6.24. The Morgan fingerprint density at radius 2 is 0.957 bits per heavy atom. The van der Waals surface area contributed by atoms with Crippen molar-refractivity contribution in [2.45, 2.75) is 0 Å². The third-order valence-electron chi connectivity index (χ3n) is 9.44. The second-order valence-electron chi connectivity index (χ2n) is 12.0. The molecule has 0 fully saturated rings. The van der Waals surface area contributed by atoms with E-state index < -0.39 is 0 Å². The van der Waals surface area contributed by atoms with Gasteiger partial charge in [0.15, 0.2) is 0 Å². The monoisotopic (exact) mass is 581 g/mol. The van der Waals surface area contributed by atoms with Crippen LogP contribution >= 0.6 is 0 Å². The van der Waals surface area contributed by atoms with Crippen molar-refractivity contribution >= 4 is 21.5 Å². The molecule has 0 spiro atoms. The smallest absolute Gasteiger partial charge is 0.0991 e. The van der Waals surface area contributed by atoms with Crippen LogP contribution in [-0.2, 0) is 0 Å². The van der Waals surface area contributed by atoms with E-state index in [1.54, 1.807) is 0 Å². The topological polar surface area (TPSA) is 23.8 Å². The molecule has 46 heavy (non-hydrogen) atoms. The molecular weight excluding hydrogens is 555 g/mol. The van der Waals surface area contributed by atoms with Gasteiger partial charge in [-0.2, -0.15) is 5.26 Å². The summed E-state index contributed by atoms with van der Waals surface area (Å²) in [4.78, 5) is 0. The van der Waals surface area contributed by atoms with Crippen LogP contribution in [0.25, 0.3) is 88.3 Å². The summed E-state index contributed by atoms with van der Waals surface area (Å²) in [6.07, 6.45) is 0. The number of fused-ring (bicyclic) bond motifs is 4. The molecule has 8 aromatic carbocycles. The summed E-state index contributed by atoms with van der Waals surface area (Å²) in [5, 5.41) is 14.4. The molecule has 0 amide bonds. The Morgan fingerprint density at radius 1 is 0.348 bits per heavy atom. The highest BCUT2D eigenvalue weighted by atomic mass is 14.3. The van der Waals surface area contributed by atoms with Crippen molar-refractivity contribution in [1.29, 1.82) is 5.26 Å². The van der Waals surface area contributed by atoms with Crippen molar-refractivity contribution in [3.05, 3.63) is 169 Å². The van der Waals surface area contributed by atoms with E-state index in [0.29, 0.717) is 5.56 Å². The normalized spacial score (nSPS) is 11.5. The van der Waals surface area contributed by atoms with Crippen molar-refractivity contribution in [2.24, 2.45) is 0 Å². The third kappa shape index (κ3) is 4.02. The van der Waals surface area contributed by atoms with Gasteiger partial charge in [-0.1, -0.05) is 140 Å². The van der Waals surface area contributed by atoms with Crippen LogP contribution in [0, 0.1) is 11.3 Å². The van der Waals surface area contributed by atoms with Gasteiger partial charge in [-0.3, -0.25) is 0 Å². The second-order valence-corrected chi connectivity index (χ2v) is 12.0. The Bertz CT molecular complexity index is 2500. The molecule has 0 heterocycles. The first-order chi connectivity index (χ1) is 22.8. The van der Waals surface area contributed by atoms with Gasteiger partial charge in [0.1, 0.15) is 0 Å². The Labute approximate surface area is 268 Å². The zero-order valence-corrected chi connectivity index (χ0v) is 25.0. The van der Waals surface area contributed by atoms with Gasteiger partial charge in [0.25, 0.3) is 0 Å². The minimum Gasteiger partial charge on any atom is -0.192 e. The first-order valence-electron chi connectivity index (χ1n) is 15.7. The lowest BCUT2D eigenvalue weighted by Crippen LogP contribution is -1.94. The van der Waals surface area contributed by atoms with Gasteiger partial charge in [-0.15, -0.1) is 0 Å². The molecule has 0 atom stereocenters. The van der Waals surface area contributed by atoms with Crippen molar-refractivity contribution in [1.82, 2.24) is 0 Å². The van der Waals surface area contributed by atoms with E-state index in [2.05, 4.69) is 158 Å². The van der Waals surface area contributed by atoms with E-state index in [1.165, 1.54) is 82.7 Å². The average Bonchev–Trinajstić information content (AvgIpc) is 3.47. The van der Waals surface area contributed by atoms with Crippen LogP contribution in [0.2, 0.25) is 0 Å². The van der Waals surface area contributed by atoms with Gasteiger partial charge in [0.05, 0.1) is 11.6 Å². The molecule has 1 aliphatic carbocycles. The fourth-order valence-corrected chi connectivity index (χ4v) is 7.37. The first-order valence-corrected chi connectivity index (χ1v) is 15.7. The van der Waals surface area contributed by atoms with Crippen LogP contribution in [0.1, 0.15) is 5.56 Å². The van der Waals surface area contributed by atoms with E-state index in [9.17, 15) is 5.26 Å². The van der Waals surface area contributed by atoms with Gasteiger partial charge >= 0.3 is 0 Å². The van der Waals surface area contributed by atoms with Crippen LogP contribution < -0.4 is 0 Å². The van der Waals surface area contributed by atoms with E-state index in [0.717, 1.165) is 5.56 Å². The number of nitrogens with zero attached hydrogens (tertiary/aromatic N) is 1. The lowest BCUT2D eigenvalue weighted by atomic mass is 9.82. The summed E-state index contributed by atoms with van der Waals surface area (Å²) in [6, 6.07) is 61.1. The van der Waals surface area contributed by atoms with E-state index in [-0.39, 0.29) is 0 Å². The fourth-order valence-electron chi connectivity index (χ4n) is 7.37. The molecule has 0 saturated heterocycles. The lowest BCUT2D eigenvalue weighted by molar-refractivity contribution is 1.48. The molecule has 0 radical (unpaired) electrons. The molecule has 0 bridgehead atoms. The molecule has 0 N–H and O–H groups in total. The third-order valence-corrected chi connectivity index (χ3v) is 9.44. The summed E-state index contributed by atoms with van der Waals surface area (Å²) < 4.78 is 0. The highest BCUT2D eigenvalue weighted by Crippen LogP contribution is 2.58. The summed E-state index contributed by atoms with van der Waals surface area (Å²) in [7, 11) is 0. The molecule has 0 saturated carbocycles. The van der Waals surface area contributed by atoms with Gasteiger partial charge in [0.2, 0.25) is 0 Å². The van der Waals surface area contributed by atoms with E-state index >= 15 is 0 Å². The number of hydrogen-bond donors (Lipinski definition) is 0. The summed E-state index contributed by atoms with van der Waals surface area (Å²) >= 11 is 0. The molecule has 1 aliphatic rings. The zero-order chi connectivity index (χ0) is 30.6. The molecule has 1 nitrogen and oxygen atoms in total. The van der Waals surface area contributed by atoms with Crippen molar-refractivity contribution in [3.63, 3.8) is 0 Å². The number of hydrogen-bond acceptors (Lipinski definition) is 1. The highest BCUT2D eigenvalue weighted by Gasteiger charge is 2.31. The maximum Gasteiger partial charge on any atom is 0.0991 e. The fraction of sp³-hybridized carbons (Fsp3) is 0. The minimum absolute atomic E-state index is 0.670. The summed E-state index contributed by atoms with van der Waals surface area (Å²) in [5.41, 5.74) is 15.4. The largest absolute Gasteiger partial charge is 0.192 e. The van der Waals surface area contributed by atoms with Gasteiger partial charge < -0.3 is 0 Å². The Kier molecular flexibility index (Phi) is 5.95. The van der Waals surface area contributed by atoms with Crippen LogP contribution in [-0.4, -0.2) is 0 Å². The average molecular weight is 582 g/mol. The Balaban J connectivity index is 1.41. The predicted molar refractivity (Wildman–Crippen MR) is 192 cm³/mol. The molecule has 8 aromatic rings. The second kappa shape index (κ2) is 10.4. The molecule has 9 rings (SSSR count). The summed E-state index contributed by atoms with van der Waals surface area (Å²) in [5.74, 6) is 0. The van der Waals surface area contributed by atoms with Gasteiger partial charge in [-0.05, 0) is 113 Å². The summed E-state index contributed by atoms with van der Waals surface area (Å²) in [6.45, 7) is 0. The zero-order valence-electron chi connectivity index (χ0n) is 25.0. The van der Waals surface area contributed by atoms with Crippen LogP contribution in [0.3, 0.4) is 0 Å². The van der Waals surface area contributed by atoms with Gasteiger partial charge in [0, 0.05) is 0 Å². The van der Waals surface area contributed by atoms with Crippen LogP contribution in [0.5, 0.6) is 0 Å². The standard InChI is InChI=1S/C45H27N/c46-28-29-18-20-32(21-19-29)36-24-25-39-43-37(36)16-9-17-38(43)45-42(33-13-5-2-6-14-33)41(27-40(44(39)45)31-11-3-1-4-12-31)35-23-22-30-10-7-8-15-34(30)26-35/h1-27H. The maximum absolute atomic E-state index is 9.40. The molecule has 212 valence electrons. The quantitative estimate of drug-likeness (QED) is 0.203. The molecule has 1 heteroatoms. The molecule has 0 aliphatic heterocycles. The van der Waals surface area contributed by atoms with Crippen molar-refractivity contribution < 1.29 is 0 Å². The maximum atomic E-state index is 9.40. The van der Waals surface area contributed by atoms with E-state index in [1.807, 2.05) is 12.1 Å². The SMILES string of the molecule is N#Cc1ccc(-c2ccc3c4c(cccc24)-c2c(-c4ccccc4)c(-c4ccc5ccccc5c4)cc(-c4ccccc4)c2-3)cc1. The van der Waals surface area contributed by atoms with Crippen LogP contribution in [0.4, 0.5) is 0 Å². The number of nitriles is 1. The Morgan fingerprint density at radius 3 is 1.72 bits per heavy atom. The van der Waals surface area contributed by atoms with Crippen molar-refractivity contribution in [2.75, 3.05) is 0 Å². The van der Waals surface area contributed by atoms with Gasteiger partial charge in [-0.25, -0.2) is 0 Å². The van der Waals surface area contributed by atoms with Crippen LogP contribution in [0.15, 0.2) is 164 Å². The Hall–Kier alpha value is -6.23. The number of rotatable bonds is 4. The molecule has 0 aromatic heterocycles.